The molecule has 244 valence electrons. The number of carboxylic acid groups (broad SMARTS) is 1. The van der Waals surface area contributed by atoms with Crippen LogP contribution in [0.4, 0.5) is 9.59 Å². The highest BCUT2D eigenvalue weighted by Crippen LogP contribution is 2.45. The molecule has 5 rings (SSSR count). The lowest BCUT2D eigenvalue weighted by molar-refractivity contribution is -0.145. The minimum atomic E-state index is -1.45. The average Bonchev–Trinajstić information content (AvgIpc) is 3.51. The van der Waals surface area contributed by atoms with Crippen molar-refractivity contribution in [3.8, 4) is 0 Å². The first-order valence-electron chi connectivity index (χ1n) is 15.9. The van der Waals surface area contributed by atoms with E-state index in [4.69, 9.17) is 9.47 Å². The van der Waals surface area contributed by atoms with Crippen molar-refractivity contribution in [3.63, 3.8) is 0 Å². The molecule has 0 radical (unpaired) electrons. The van der Waals surface area contributed by atoms with Gasteiger partial charge in [-0.2, -0.15) is 0 Å². The van der Waals surface area contributed by atoms with E-state index in [9.17, 15) is 29.1 Å². The number of allylic oxidation sites excluding steroid dienone is 1. The molecular formula is C33H44N4O8. The molecule has 5 atom stereocenters. The number of carbonyl (C=O) groups is 5. The van der Waals surface area contributed by atoms with Crippen molar-refractivity contribution in [3.05, 3.63) is 47.5 Å². The summed E-state index contributed by atoms with van der Waals surface area (Å²) < 4.78 is 11.3. The number of ether oxygens (including phenoxy) is 2. The molecule has 0 aromatic heterocycles. The fraction of sp³-hybridized carbons (Fsp3) is 0.606. The minimum absolute atomic E-state index is 0.00308. The number of nitrogens with one attached hydrogen (secondary N) is 2. The molecule has 3 N–H and O–H groups in total. The lowest BCUT2D eigenvalue weighted by Gasteiger charge is -2.30. The van der Waals surface area contributed by atoms with Crippen LogP contribution in [0.25, 0.3) is 0 Å². The predicted molar refractivity (Wildman–Crippen MR) is 163 cm³/mol. The van der Waals surface area contributed by atoms with Crippen molar-refractivity contribution in [1.29, 1.82) is 0 Å². The number of nitrogens with zero attached hydrogens (tertiary/aromatic N) is 2. The Kier molecular flexibility index (Phi) is 9.41. The maximum absolute atomic E-state index is 14.1. The van der Waals surface area contributed by atoms with Gasteiger partial charge < -0.3 is 35.0 Å². The highest BCUT2D eigenvalue weighted by atomic mass is 16.6. The SMILES string of the molecule is CC(C)(C)OC(=O)N[C@H]1CCCCC/C=C/[C@@H]2C[C@@]2(C(=O)O)NC(=O)[C@@H]2C[C@@H](OC(=O)N3CCc4ccccc4C3)CN2C1=O. The van der Waals surface area contributed by atoms with Gasteiger partial charge in [0, 0.05) is 25.4 Å². The van der Waals surface area contributed by atoms with Crippen LogP contribution < -0.4 is 10.6 Å². The Morgan fingerprint density at radius 2 is 1.84 bits per heavy atom. The van der Waals surface area contributed by atoms with Crippen LogP contribution in [0.2, 0.25) is 0 Å². The Labute approximate surface area is 263 Å². The summed E-state index contributed by atoms with van der Waals surface area (Å²) in [4.78, 5) is 69.1. The molecular weight excluding hydrogens is 580 g/mol. The van der Waals surface area contributed by atoms with Crippen LogP contribution in [-0.2, 0) is 36.8 Å². The summed E-state index contributed by atoms with van der Waals surface area (Å²) >= 11 is 0. The van der Waals surface area contributed by atoms with Gasteiger partial charge in [-0.05, 0) is 64.0 Å². The van der Waals surface area contributed by atoms with E-state index >= 15 is 0 Å². The molecule has 1 aliphatic carbocycles. The summed E-state index contributed by atoms with van der Waals surface area (Å²) in [5.74, 6) is -2.62. The second-order valence-electron chi connectivity index (χ2n) is 13.5. The van der Waals surface area contributed by atoms with E-state index < -0.39 is 59.3 Å². The molecule has 4 aliphatic rings. The number of carbonyl (C=O) groups excluding carboxylic acids is 4. The smallest absolute Gasteiger partial charge is 0.410 e. The van der Waals surface area contributed by atoms with Crippen LogP contribution in [0.1, 0.15) is 76.8 Å². The molecule has 1 aromatic rings. The highest BCUT2D eigenvalue weighted by Gasteiger charge is 2.61. The molecule has 2 fully saturated rings. The predicted octanol–water partition coefficient (Wildman–Crippen LogP) is 3.52. The maximum Gasteiger partial charge on any atom is 0.410 e. The van der Waals surface area contributed by atoms with Gasteiger partial charge in [-0.3, -0.25) is 9.59 Å². The Bertz CT molecular complexity index is 1360. The van der Waals surface area contributed by atoms with Crippen molar-refractivity contribution in [2.24, 2.45) is 5.92 Å². The van der Waals surface area contributed by atoms with Gasteiger partial charge in [0.2, 0.25) is 11.8 Å². The van der Waals surface area contributed by atoms with Gasteiger partial charge >= 0.3 is 18.2 Å². The molecule has 0 spiro atoms. The van der Waals surface area contributed by atoms with Crippen molar-refractivity contribution in [2.45, 2.75) is 108 Å². The van der Waals surface area contributed by atoms with Gasteiger partial charge in [-0.25, -0.2) is 14.4 Å². The summed E-state index contributed by atoms with van der Waals surface area (Å²) in [6.45, 7) is 5.98. The van der Waals surface area contributed by atoms with E-state index in [0.717, 1.165) is 24.8 Å². The molecule has 45 heavy (non-hydrogen) atoms. The molecule has 0 unspecified atom stereocenters. The number of hydrogen-bond donors (Lipinski definition) is 3. The number of amides is 4. The number of fused-ring (bicyclic) bond motifs is 3. The fourth-order valence-corrected chi connectivity index (χ4v) is 6.47. The zero-order valence-corrected chi connectivity index (χ0v) is 26.3. The first kappa shape index (κ1) is 32.3. The van der Waals surface area contributed by atoms with E-state index in [1.54, 1.807) is 25.7 Å². The zero-order chi connectivity index (χ0) is 32.4. The lowest BCUT2D eigenvalue weighted by atomic mass is 10.0. The molecule has 1 saturated heterocycles. The molecule has 3 heterocycles. The average molecular weight is 625 g/mol. The van der Waals surface area contributed by atoms with E-state index in [-0.39, 0.29) is 25.3 Å². The number of aliphatic carboxylic acids is 1. The first-order valence-corrected chi connectivity index (χ1v) is 15.9. The van der Waals surface area contributed by atoms with Gasteiger partial charge in [-0.1, -0.05) is 49.3 Å². The molecule has 1 aromatic carbocycles. The third-order valence-electron chi connectivity index (χ3n) is 8.97. The van der Waals surface area contributed by atoms with E-state index in [1.807, 2.05) is 36.4 Å². The second-order valence-corrected chi connectivity index (χ2v) is 13.5. The quantitative estimate of drug-likeness (QED) is 0.432. The lowest BCUT2D eigenvalue weighted by Crippen LogP contribution is -2.56. The summed E-state index contributed by atoms with van der Waals surface area (Å²) in [5.41, 5.74) is -0.0144. The van der Waals surface area contributed by atoms with Gasteiger partial charge in [0.15, 0.2) is 0 Å². The van der Waals surface area contributed by atoms with Gasteiger partial charge in [0.25, 0.3) is 0 Å². The molecule has 3 aliphatic heterocycles. The highest BCUT2D eigenvalue weighted by molar-refractivity contribution is 5.96. The molecule has 4 amide bonds. The largest absolute Gasteiger partial charge is 0.479 e. The van der Waals surface area contributed by atoms with Crippen molar-refractivity contribution in [2.75, 3.05) is 13.1 Å². The van der Waals surface area contributed by atoms with E-state index in [0.29, 0.717) is 32.4 Å². The monoisotopic (exact) mass is 624 g/mol. The molecule has 12 nitrogen and oxygen atoms in total. The van der Waals surface area contributed by atoms with Crippen molar-refractivity contribution in [1.82, 2.24) is 20.4 Å². The third kappa shape index (κ3) is 7.59. The summed E-state index contributed by atoms with van der Waals surface area (Å²) in [6, 6.07) is 5.83. The normalized spacial score (nSPS) is 29.5. The van der Waals surface area contributed by atoms with Crippen LogP contribution in [0.3, 0.4) is 0 Å². The number of rotatable bonds is 3. The Balaban J connectivity index is 1.36. The van der Waals surface area contributed by atoms with Gasteiger partial charge in [0.1, 0.15) is 29.3 Å². The number of hydrogen-bond acceptors (Lipinski definition) is 7. The van der Waals surface area contributed by atoms with E-state index in [2.05, 4.69) is 10.6 Å². The third-order valence-corrected chi connectivity index (χ3v) is 8.97. The number of alkyl carbamates (subject to hydrolysis) is 1. The van der Waals surface area contributed by atoms with Crippen LogP contribution in [0.15, 0.2) is 36.4 Å². The Morgan fingerprint density at radius 3 is 2.58 bits per heavy atom. The Morgan fingerprint density at radius 1 is 1.09 bits per heavy atom. The summed E-state index contributed by atoms with van der Waals surface area (Å²) in [7, 11) is 0. The minimum Gasteiger partial charge on any atom is -0.479 e. The maximum atomic E-state index is 14.1. The van der Waals surface area contributed by atoms with Gasteiger partial charge in [-0.15, -0.1) is 0 Å². The standard InChI is InChI=1S/C33H44N4O8/c1-32(2,3)45-30(42)34-25-14-8-6-4-5-7-13-23-18-33(23,29(40)41)35-27(38)26-17-24(20-37(26)28(25)39)44-31(43)36-16-15-21-11-9-10-12-22(21)19-36/h7,9-13,23-26H,4-6,8,14-20H2,1-3H3,(H,34,42)(H,35,38)(H,40,41)/b13-7+/t23-,24-,25+,26+,33-/m1/s1. The van der Waals surface area contributed by atoms with E-state index in [1.165, 1.54) is 10.5 Å². The van der Waals surface area contributed by atoms with Crippen LogP contribution in [-0.4, -0.2) is 87.3 Å². The second kappa shape index (κ2) is 13.1. The Hall–Kier alpha value is -4.09. The number of benzene rings is 1. The van der Waals surface area contributed by atoms with Crippen LogP contribution in [0.5, 0.6) is 0 Å². The fourth-order valence-electron chi connectivity index (χ4n) is 6.47. The van der Waals surface area contributed by atoms with Gasteiger partial charge in [0.05, 0.1) is 6.54 Å². The summed E-state index contributed by atoms with van der Waals surface area (Å²) in [5, 5.41) is 15.5. The summed E-state index contributed by atoms with van der Waals surface area (Å²) in [6.07, 6.45) is 5.97. The topological polar surface area (TPSA) is 155 Å². The molecule has 0 bridgehead atoms. The molecule has 12 heteroatoms. The van der Waals surface area contributed by atoms with Crippen LogP contribution in [0, 0.1) is 5.92 Å². The van der Waals surface area contributed by atoms with Crippen molar-refractivity contribution < 1.29 is 38.6 Å². The zero-order valence-electron chi connectivity index (χ0n) is 26.3. The van der Waals surface area contributed by atoms with Crippen molar-refractivity contribution >= 4 is 30.0 Å². The molecule has 1 saturated carbocycles. The van der Waals surface area contributed by atoms with Crippen LogP contribution >= 0.6 is 0 Å². The first-order chi connectivity index (χ1) is 21.4. The number of carboxylic acids is 1.